The molecule has 0 bridgehead atoms. The maximum Gasteiger partial charge on any atom is 0.0705 e. The minimum absolute atomic E-state index is 0.378. The second-order valence-electron chi connectivity index (χ2n) is 5.05. The van der Waals surface area contributed by atoms with E-state index in [0.717, 1.165) is 11.9 Å². The highest BCUT2D eigenvalue weighted by molar-refractivity contribution is 5.78. The number of pyridine rings is 1. The first-order valence-electron chi connectivity index (χ1n) is 6.43. The van der Waals surface area contributed by atoms with Crippen LogP contribution in [0, 0.1) is 5.92 Å². The van der Waals surface area contributed by atoms with Gasteiger partial charge in [-0.05, 0) is 37.3 Å². The van der Waals surface area contributed by atoms with Gasteiger partial charge in [-0.2, -0.15) is 0 Å². The van der Waals surface area contributed by atoms with Crippen molar-refractivity contribution in [2.45, 2.75) is 31.7 Å². The maximum atomic E-state index is 6.11. The van der Waals surface area contributed by atoms with E-state index < -0.39 is 0 Å². The average Bonchev–Trinajstić information content (AvgIpc) is 2.75. The normalized spacial score (nSPS) is 24.3. The molecule has 17 heavy (non-hydrogen) atoms. The fourth-order valence-electron chi connectivity index (χ4n) is 2.81. The summed E-state index contributed by atoms with van der Waals surface area (Å²) in [5, 5.41) is 1.21. The number of nitrogens with zero attached hydrogens (tertiary/aromatic N) is 1. The lowest BCUT2D eigenvalue weighted by atomic mass is 9.97. The Morgan fingerprint density at radius 3 is 2.82 bits per heavy atom. The van der Waals surface area contributed by atoms with Gasteiger partial charge in [0.05, 0.1) is 5.52 Å². The van der Waals surface area contributed by atoms with Gasteiger partial charge in [-0.15, -0.1) is 0 Å². The molecule has 1 fully saturated rings. The van der Waals surface area contributed by atoms with Crippen LogP contribution in [0.25, 0.3) is 10.9 Å². The van der Waals surface area contributed by atoms with Crippen molar-refractivity contribution >= 4 is 10.9 Å². The third-order valence-corrected chi connectivity index (χ3v) is 3.85. The summed E-state index contributed by atoms with van der Waals surface area (Å²) in [7, 11) is 0. The quantitative estimate of drug-likeness (QED) is 0.855. The third-order valence-electron chi connectivity index (χ3n) is 3.85. The SMILES string of the molecule is NC1CCCC1Cc1ccc2ccccc2n1. The van der Waals surface area contributed by atoms with Crippen LogP contribution in [-0.2, 0) is 6.42 Å². The second-order valence-corrected chi connectivity index (χ2v) is 5.05. The predicted molar refractivity (Wildman–Crippen MR) is 70.8 cm³/mol. The highest BCUT2D eigenvalue weighted by atomic mass is 14.7. The van der Waals surface area contributed by atoms with Crippen molar-refractivity contribution in [3.63, 3.8) is 0 Å². The van der Waals surface area contributed by atoms with Gasteiger partial charge in [0.15, 0.2) is 0 Å². The summed E-state index contributed by atoms with van der Waals surface area (Å²) in [6, 6.07) is 13.0. The van der Waals surface area contributed by atoms with Gasteiger partial charge in [-0.3, -0.25) is 4.98 Å². The van der Waals surface area contributed by atoms with Gasteiger partial charge in [-0.25, -0.2) is 0 Å². The number of para-hydroxylation sites is 1. The lowest BCUT2D eigenvalue weighted by Gasteiger charge is -2.14. The van der Waals surface area contributed by atoms with Crippen LogP contribution in [-0.4, -0.2) is 11.0 Å². The van der Waals surface area contributed by atoms with Crippen LogP contribution < -0.4 is 5.73 Å². The molecule has 0 spiro atoms. The summed E-state index contributed by atoms with van der Waals surface area (Å²) in [6.45, 7) is 0. The summed E-state index contributed by atoms with van der Waals surface area (Å²) >= 11 is 0. The second kappa shape index (κ2) is 4.46. The highest BCUT2D eigenvalue weighted by Gasteiger charge is 2.24. The van der Waals surface area contributed by atoms with Crippen LogP contribution in [0.3, 0.4) is 0 Å². The molecule has 2 N–H and O–H groups in total. The minimum atomic E-state index is 0.378. The number of nitrogens with two attached hydrogens (primary N) is 1. The van der Waals surface area contributed by atoms with Gasteiger partial charge in [0.1, 0.15) is 0 Å². The van der Waals surface area contributed by atoms with Crippen LogP contribution in [0.2, 0.25) is 0 Å². The Morgan fingerprint density at radius 2 is 2.00 bits per heavy atom. The number of hydrogen-bond donors (Lipinski definition) is 1. The van der Waals surface area contributed by atoms with Crippen LogP contribution >= 0.6 is 0 Å². The minimum Gasteiger partial charge on any atom is -0.327 e. The van der Waals surface area contributed by atoms with Crippen LogP contribution in [0.4, 0.5) is 0 Å². The topological polar surface area (TPSA) is 38.9 Å². The van der Waals surface area contributed by atoms with E-state index in [9.17, 15) is 0 Å². The van der Waals surface area contributed by atoms with Gasteiger partial charge in [0.25, 0.3) is 0 Å². The molecular formula is C15H18N2. The van der Waals surface area contributed by atoms with E-state index in [1.807, 2.05) is 6.07 Å². The van der Waals surface area contributed by atoms with Gasteiger partial charge >= 0.3 is 0 Å². The van der Waals surface area contributed by atoms with Crippen molar-refractivity contribution < 1.29 is 0 Å². The molecule has 1 heterocycles. The monoisotopic (exact) mass is 226 g/mol. The van der Waals surface area contributed by atoms with Crippen molar-refractivity contribution in [1.29, 1.82) is 0 Å². The Labute approximate surface area is 102 Å². The first-order chi connectivity index (χ1) is 8.33. The van der Waals surface area contributed by atoms with E-state index in [4.69, 9.17) is 10.7 Å². The number of hydrogen-bond acceptors (Lipinski definition) is 2. The molecule has 3 rings (SSSR count). The van der Waals surface area contributed by atoms with E-state index in [-0.39, 0.29) is 0 Å². The highest BCUT2D eigenvalue weighted by Crippen LogP contribution is 2.27. The molecule has 1 aliphatic rings. The van der Waals surface area contributed by atoms with Crippen molar-refractivity contribution in [3.05, 3.63) is 42.1 Å². The molecule has 2 aromatic rings. The van der Waals surface area contributed by atoms with E-state index >= 15 is 0 Å². The first-order valence-corrected chi connectivity index (χ1v) is 6.43. The molecule has 0 amide bonds. The Kier molecular flexibility index (Phi) is 2.81. The zero-order valence-electron chi connectivity index (χ0n) is 9.97. The molecule has 1 aliphatic carbocycles. The van der Waals surface area contributed by atoms with E-state index in [2.05, 4.69) is 30.3 Å². The fraction of sp³-hybridized carbons (Fsp3) is 0.400. The Balaban J connectivity index is 1.85. The largest absolute Gasteiger partial charge is 0.327 e. The number of rotatable bonds is 2. The van der Waals surface area contributed by atoms with E-state index in [0.29, 0.717) is 12.0 Å². The lowest BCUT2D eigenvalue weighted by Crippen LogP contribution is -2.26. The Morgan fingerprint density at radius 1 is 1.12 bits per heavy atom. The molecule has 0 saturated heterocycles. The van der Waals surface area contributed by atoms with Crippen molar-refractivity contribution in [2.24, 2.45) is 11.7 Å². The molecule has 1 aromatic carbocycles. The Hall–Kier alpha value is -1.41. The predicted octanol–water partition coefficient (Wildman–Crippen LogP) is 2.90. The van der Waals surface area contributed by atoms with Crippen molar-refractivity contribution in [3.8, 4) is 0 Å². The molecule has 2 unspecified atom stereocenters. The van der Waals surface area contributed by atoms with Gasteiger partial charge in [0, 0.05) is 17.1 Å². The molecule has 2 heteroatoms. The number of fused-ring (bicyclic) bond motifs is 1. The van der Waals surface area contributed by atoms with Crippen molar-refractivity contribution in [1.82, 2.24) is 4.98 Å². The van der Waals surface area contributed by atoms with Crippen LogP contribution in [0.1, 0.15) is 25.0 Å². The first kappa shape index (κ1) is 10.7. The lowest BCUT2D eigenvalue weighted by molar-refractivity contribution is 0.474. The molecule has 1 aromatic heterocycles. The summed E-state index contributed by atoms with van der Waals surface area (Å²) in [5.74, 6) is 0.628. The fourth-order valence-corrected chi connectivity index (χ4v) is 2.81. The average molecular weight is 226 g/mol. The zero-order chi connectivity index (χ0) is 11.7. The van der Waals surface area contributed by atoms with Gasteiger partial charge in [-0.1, -0.05) is 30.7 Å². The molecule has 0 radical (unpaired) electrons. The third kappa shape index (κ3) is 2.18. The summed E-state index contributed by atoms with van der Waals surface area (Å²) in [6.07, 6.45) is 4.75. The molecule has 88 valence electrons. The van der Waals surface area contributed by atoms with Gasteiger partial charge < -0.3 is 5.73 Å². The van der Waals surface area contributed by atoms with E-state index in [1.54, 1.807) is 0 Å². The summed E-state index contributed by atoms with van der Waals surface area (Å²) in [5.41, 5.74) is 8.39. The molecular weight excluding hydrogens is 208 g/mol. The smallest absolute Gasteiger partial charge is 0.0705 e. The standard InChI is InChI=1S/C15H18N2/c16-14-6-3-5-12(14)10-13-9-8-11-4-1-2-7-15(11)17-13/h1-2,4,7-9,12,14H,3,5-6,10,16H2. The maximum absolute atomic E-state index is 6.11. The zero-order valence-corrected chi connectivity index (χ0v) is 9.97. The summed E-state index contributed by atoms with van der Waals surface area (Å²) in [4.78, 5) is 4.72. The van der Waals surface area contributed by atoms with Crippen molar-refractivity contribution in [2.75, 3.05) is 0 Å². The van der Waals surface area contributed by atoms with Crippen LogP contribution in [0.15, 0.2) is 36.4 Å². The van der Waals surface area contributed by atoms with Gasteiger partial charge in [0.2, 0.25) is 0 Å². The van der Waals surface area contributed by atoms with Crippen LogP contribution in [0.5, 0.6) is 0 Å². The molecule has 2 nitrogen and oxygen atoms in total. The summed E-state index contributed by atoms with van der Waals surface area (Å²) < 4.78 is 0. The molecule has 2 atom stereocenters. The molecule has 0 aliphatic heterocycles. The molecule has 1 saturated carbocycles. The Bertz CT molecular complexity index is 521. The number of benzene rings is 1. The number of aromatic nitrogens is 1. The van der Waals surface area contributed by atoms with E-state index in [1.165, 1.54) is 30.3 Å².